The van der Waals surface area contributed by atoms with E-state index in [0.29, 0.717) is 5.65 Å². The first-order chi connectivity index (χ1) is 7.24. The van der Waals surface area contributed by atoms with Crippen LogP contribution >= 0.6 is 0 Å². The molecule has 0 amide bonds. The van der Waals surface area contributed by atoms with Gasteiger partial charge in [-0.15, -0.1) is 0 Å². The van der Waals surface area contributed by atoms with Gasteiger partial charge in [-0.05, 0) is 6.92 Å². The lowest BCUT2D eigenvalue weighted by molar-refractivity contribution is 0.0516. The van der Waals surface area contributed by atoms with E-state index < -0.39 is 5.97 Å². The summed E-state index contributed by atoms with van der Waals surface area (Å²) in [5.74, 6) is -0.871. The molecule has 2 aromatic rings. The third-order valence-corrected chi connectivity index (χ3v) is 1.87. The summed E-state index contributed by atoms with van der Waals surface area (Å²) in [6, 6.07) is 0. The Hall–Kier alpha value is -2.11. The molecule has 0 aliphatic rings. The molecule has 0 spiro atoms. The Morgan fingerprint density at radius 1 is 1.67 bits per heavy atom. The standard InChI is InChI=1S/C9H9N3O3/c1-2-15-9(14)7-8(13)12-4-3-10-5-6(12)11-7/h3-5,13H,2H2,1H3. The van der Waals surface area contributed by atoms with Crippen LogP contribution in [0.3, 0.4) is 0 Å². The van der Waals surface area contributed by atoms with Gasteiger partial charge in [-0.3, -0.25) is 9.38 Å². The Balaban J connectivity index is 2.53. The molecule has 0 atom stereocenters. The van der Waals surface area contributed by atoms with E-state index in [-0.39, 0.29) is 18.2 Å². The molecule has 0 unspecified atom stereocenters. The SMILES string of the molecule is CCOC(=O)c1nc2cnccn2c1O. The Kier molecular flexibility index (Phi) is 2.24. The molecule has 2 rings (SSSR count). The van der Waals surface area contributed by atoms with Gasteiger partial charge >= 0.3 is 5.97 Å². The highest BCUT2D eigenvalue weighted by atomic mass is 16.5. The summed E-state index contributed by atoms with van der Waals surface area (Å²) < 4.78 is 6.10. The van der Waals surface area contributed by atoms with Crippen LogP contribution in [0.1, 0.15) is 17.4 Å². The number of carbonyl (C=O) groups is 1. The van der Waals surface area contributed by atoms with Gasteiger partial charge in [0.15, 0.2) is 5.65 Å². The van der Waals surface area contributed by atoms with Crippen LogP contribution in [0.5, 0.6) is 5.88 Å². The van der Waals surface area contributed by atoms with Gasteiger partial charge < -0.3 is 9.84 Å². The van der Waals surface area contributed by atoms with E-state index in [1.54, 1.807) is 6.92 Å². The molecular weight excluding hydrogens is 198 g/mol. The third kappa shape index (κ3) is 1.50. The van der Waals surface area contributed by atoms with Crippen LogP contribution in [0.2, 0.25) is 0 Å². The monoisotopic (exact) mass is 207 g/mol. The number of aromatic hydroxyl groups is 1. The van der Waals surface area contributed by atoms with Gasteiger partial charge in [-0.2, -0.15) is 0 Å². The van der Waals surface area contributed by atoms with E-state index >= 15 is 0 Å². The maximum Gasteiger partial charge on any atom is 0.362 e. The number of ether oxygens (including phenoxy) is 1. The fourth-order valence-corrected chi connectivity index (χ4v) is 1.23. The van der Waals surface area contributed by atoms with Gasteiger partial charge in [0.05, 0.1) is 12.8 Å². The minimum Gasteiger partial charge on any atom is -0.492 e. The third-order valence-electron chi connectivity index (χ3n) is 1.87. The highest BCUT2D eigenvalue weighted by molar-refractivity contribution is 5.90. The van der Waals surface area contributed by atoms with Gasteiger partial charge in [0, 0.05) is 12.4 Å². The molecule has 78 valence electrons. The van der Waals surface area contributed by atoms with Crippen LogP contribution in [0, 0.1) is 0 Å². The summed E-state index contributed by atoms with van der Waals surface area (Å²) in [6.07, 6.45) is 4.45. The van der Waals surface area contributed by atoms with E-state index in [4.69, 9.17) is 4.74 Å². The molecule has 1 N–H and O–H groups in total. The smallest absolute Gasteiger partial charge is 0.362 e. The van der Waals surface area contributed by atoms with E-state index in [2.05, 4.69) is 9.97 Å². The number of fused-ring (bicyclic) bond motifs is 1. The molecular formula is C9H9N3O3. The number of imidazole rings is 1. The van der Waals surface area contributed by atoms with Crippen molar-refractivity contribution in [1.29, 1.82) is 0 Å². The van der Waals surface area contributed by atoms with Crippen molar-refractivity contribution in [1.82, 2.24) is 14.4 Å². The van der Waals surface area contributed by atoms with Gasteiger partial charge in [-0.1, -0.05) is 0 Å². The predicted octanol–water partition coefficient (Wildman–Crippen LogP) is 0.612. The van der Waals surface area contributed by atoms with Crippen LogP contribution in [-0.4, -0.2) is 32.1 Å². The second-order valence-corrected chi connectivity index (χ2v) is 2.81. The van der Waals surface area contributed by atoms with Crippen LogP contribution in [-0.2, 0) is 4.74 Å². The van der Waals surface area contributed by atoms with Crippen molar-refractivity contribution in [3.63, 3.8) is 0 Å². The summed E-state index contributed by atoms with van der Waals surface area (Å²) in [4.78, 5) is 19.1. The lowest BCUT2D eigenvalue weighted by atomic mass is 10.4. The van der Waals surface area contributed by atoms with E-state index in [1.807, 2.05) is 0 Å². The van der Waals surface area contributed by atoms with Crippen LogP contribution in [0.15, 0.2) is 18.6 Å². The molecule has 0 aromatic carbocycles. The van der Waals surface area contributed by atoms with Crippen molar-refractivity contribution in [3.05, 3.63) is 24.3 Å². The molecule has 0 fully saturated rings. The average molecular weight is 207 g/mol. The van der Waals surface area contributed by atoms with Crippen molar-refractivity contribution in [2.75, 3.05) is 6.61 Å². The molecule has 0 aliphatic heterocycles. The number of hydrogen-bond donors (Lipinski definition) is 1. The van der Waals surface area contributed by atoms with Crippen molar-refractivity contribution in [2.24, 2.45) is 0 Å². The predicted molar refractivity (Wildman–Crippen MR) is 50.6 cm³/mol. The second-order valence-electron chi connectivity index (χ2n) is 2.81. The van der Waals surface area contributed by atoms with E-state index in [1.165, 1.54) is 23.0 Å². The second kappa shape index (κ2) is 3.56. The zero-order valence-corrected chi connectivity index (χ0v) is 8.04. The van der Waals surface area contributed by atoms with Crippen LogP contribution in [0.25, 0.3) is 5.65 Å². The first-order valence-corrected chi connectivity index (χ1v) is 4.42. The lowest BCUT2D eigenvalue weighted by Crippen LogP contribution is -2.05. The first kappa shape index (κ1) is 9.45. The number of rotatable bonds is 2. The fraction of sp³-hybridized carbons (Fsp3) is 0.222. The maximum absolute atomic E-state index is 11.4. The summed E-state index contributed by atoms with van der Waals surface area (Å²) in [6.45, 7) is 1.93. The molecule has 2 heterocycles. The van der Waals surface area contributed by atoms with Crippen LogP contribution < -0.4 is 0 Å². The summed E-state index contributed by atoms with van der Waals surface area (Å²) >= 11 is 0. The van der Waals surface area contributed by atoms with Crippen LogP contribution in [0.4, 0.5) is 0 Å². The Morgan fingerprint density at radius 3 is 3.13 bits per heavy atom. The van der Waals surface area contributed by atoms with Crippen molar-refractivity contribution in [3.8, 4) is 5.88 Å². The molecule has 0 aliphatic carbocycles. The van der Waals surface area contributed by atoms with Crippen molar-refractivity contribution in [2.45, 2.75) is 6.92 Å². The molecule has 6 nitrogen and oxygen atoms in total. The molecule has 0 radical (unpaired) electrons. The maximum atomic E-state index is 11.4. The molecule has 0 bridgehead atoms. The molecule has 15 heavy (non-hydrogen) atoms. The Labute approximate surface area is 85.2 Å². The molecule has 2 aromatic heterocycles. The molecule has 0 saturated carbocycles. The minimum atomic E-state index is -0.640. The normalized spacial score (nSPS) is 10.5. The summed E-state index contributed by atoms with van der Waals surface area (Å²) in [7, 11) is 0. The topological polar surface area (TPSA) is 76.7 Å². The fourth-order valence-electron chi connectivity index (χ4n) is 1.23. The highest BCUT2D eigenvalue weighted by Crippen LogP contribution is 2.18. The first-order valence-electron chi connectivity index (χ1n) is 4.42. The lowest BCUT2D eigenvalue weighted by Gasteiger charge is -1.97. The summed E-state index contributed by atoms with van der Waals surface area (Å²) in [5, 5.41) is 9.66. The minimum absolute atomic E-state index is 0.0927. The average Bonchev–Trinajstić information content (AvgIpc) is 2.57. The summed E-state index contributed by atoms with van der Waals surface area (Å²) in [5.41, 5.74) is 0.308. The van der Waals surface area contributed by atoms with E-state index in [0.717, 1.165) is 0 Å². The number of aromatic nitrogens is 3. The zero-order valence-electron chi connectivity index (χ0n) is 8.04. The van der Waals surface area contributed by atoms with Gasteiger partial charge in [0.2, 0.25) is 11.6 Å². The highest BCUT2D eigenvalue weighted by Gasteiger charge is 2.19. The van der Waals surface area contributed by atoms with E-state index in [9.17, 15) is 9.90 Å². The molecule has 0 saturated heterocycles. The van der Waals surface area contributed by atoms with Gasteiger partial charge in [0.25, 0.3) is 0 Å². The number of carbonyl (C=O) groups excluding carboxylic acids is 1. The number of nitrogens with zero attached hydrogens (tertiary/aromatic N) is 3. The Morgan fingerprint density at radius 2 is 2.47 bits per heavy atom. The van der Waals surface area contributed by atoms with Gasteiger partial charge in [0.1, 0.15) is 0 Å². The molecule has 6 heteroatoms. The zero-order chi connectivity index (χ0) is 10.8. The van der Waals surface area contributed by atoms with Crippen molar-refractivity contribution < 1.29 is 14.6 Å². The number of esters is 1. The van der Waals surface area contributed by atoms with Crippen molar-refractivity contribution >= 4 is 11.6 Å². The van der Waals surface area contributed by atoms with Gasteiger partial charge in [-0.25, -0.2) is 9.78 Å². The number of hydrogen-bond acceptors (Lipinski definition) is 5. The largest absolute Gasteiger partial charge is 0.492 e. The Bertz CT molecular complexity index is 506. The quantitative estimate of drug-likeness (QED) is 0.730.